The standard InChI is InChI=1S/C38H48N2O3/c1-2-3-4-5-6-7-8-9-10-11-12-13-14-15-19-26-34(41)40-33-28-27-32(39-29-22-17-16-18-23-29)35-36(33)38(43)31-25-21-20-24-30(31)37(35)42/h16-18,20-25,27-28,39H,2-15,19,26H2,1H3,(H,40,41). The number of anilines is 3. The number of hydrogen-bond acceptors (Lipinski definition) is 4. The molecule has 3 aromatic carbocycles. The van der Waals surface area contributed by atoms with Gasteiger partial charge in [0.25, 0.3) is 0 Å². The van der Waals surface area contributed by atoms with Crippen LogP contribution in [0.25, 0.3) is 0 Å². The number of benzene rings is 3. The van der Waals surface area contributed by atoms with Crippen molar-refractivity contribution in [1.29, 1.82) is 0 Å². The molecule has 1 amide bonds. The van der Waals surface area contributed by atoms with E-state index in [1.54, 1.807) is 36.4 Å². The van der Waals surface area contributed by atoms with Crippen LogP contribution in [0.5, 0.6) is 0 Å². The van der Waals surface area contributed by atoms with Gasteiger partial charge >= 0.3 is 0 Å². The van der Waals surface area contributed by atoms with E-state index in [-0.39, 0.29) is 23.0 Å². The number of nitrogens with one attached hydrogen (secondary N) is 2. The normalized spacial score (nSPS) is 12.1. The van der Waals surface area contributed by atoms with Crippen molar-refractivity contribution in [2.24, 2.45) is 0 Å². The molecule has 0 radical (unpaired) electrons. The van der Waals surface area contributed by atoms with E-state index < -0.39 is 0 Å². The quantitative estimate of drug-likeness (QED) is 0.108. The Labute approximate surface area is 257 Å². The third kappa shape index (κ3) is 9.38. The summed E-state index contributed by atoms with van der Waals surface area (Å²) in [5.41, 5.74) is 3.08. The van der Waals surface area contributed by atoms with Gasteiger partial charge in [-0.1, -0.05) is 139 Å². The van der Waals surface area contributed by atoms with Crippen molar-refractivity contribution in [2.45, 2.75) is 110 Å². The summed E-state index contributed by atoms with van der Waals surface area (Å²) in [6.07, 6.45) is 19.6. The number of carbonyl (C=O) groups is 3. The van der Waals surface area contributed by atoms with Crippen molar-refractivity contribution >= 4 is 34.5 Å². The van der Waals surface area contributed by atoms with E-state index in [1.165, 1.54) is 77.0 Å². The van der Waals surface area contributed by atoms with Crippen LogP contribution in [0.4, 0.5) is 17.1 Å². The molecule has 5 nitrogen and oxygen atoms in total. The second-order valence-electron chi connectivity index (χ2n) is 11.9. The maximum atomic E-state index is 13.6. The van der Waals surface area contributed by atoms with Gasteiger partial charge in [0, 0.05) is 23.2 Å². The SMILES string of the molecule is CCCCCCCCCCCCCCCCCC(=O)Nc1ccc(Nc2ccccc2)c2c1C(=O)c1ccccc1C2=O. The van der Waals surface area contributed by atoms with Crippen molar-refractivity contribution in [3.05, 3.63) is 89.0 Å². The fraction of sp³-hybridized carbons (Fsp3) is 0.447. The minimum absolute atomic E-state index is 0.125. The lowest BCUT2D eigenvalue weighted by molar-refractivity contribution is -0.116. The predicted octanol–water partition coefficient (Wildman–Crippen LogP) is 10.4. The smallest absolute Gasteiger partial charge is 0.224 e. The van der Waals surface area contributed by atoms with Crippen LogP contribution in [0.15, 0.2) is 66.7 Å². The minimum atomic E-state index is -0.246. The number of unbranched alkanes of at least 4 members (excludes halogenated alkanes) is 14. The number of fused-ring (bicyclic) bond motifs is 2. The molecule has 0 atom stereocenters. The monoisotopic (exact) mass is 580 g/mol. The average Bonchev–Trinajstić information content (AvgIpc) is 3.03. The number of para-hydroxylation sites is 1. The zero-order valence-electron chi connectivity index (χ0n) is 25.9. The molecular formula is C38H48N2O3. The maximum absolute atomic E-state index is 13.6. The lowest BCUT2D eigenvalue weighted by Crippen LogP contribution is -2.25. The van der Waals surface area contributed by atoms with E-state index in [9.17, 15) is 14.4 Å². The first-order chi connectivity index (χ1) is 21.1. The molecule has 2 N–H and O–H groups in total. The van der Waals surface area contributed by atoms with Crippen LogP contribution in [0.3, 0.4) is 0 Å². The van der Waals surface area contributed by atoms with Gasteiger partial charge in [-0.05, 0) is 30.7 Å². The number of hydrogen-bond donors (Lipinski definition) is 2. The second kappa shape index (κ2) is 17.4. The number of rotatable bonds is 19. The van der Waals surface area contributed by atoms with Crippen LogP contribution >= 0.6 is 0 Å². The molecule has 1 aliphatic rings. The molecule has 4 rings (SSSR count). The summed E-state index contributed by atoms with van der Waals surface area (Å²) in [7, 11) is 0. The van der Waals surface area contributed by atoms with E-state index in [0.717, 1.165) is 24.9 Å². The highest BCUT2D eigenvalue weighted by Crippen LogP contribution is 2.37. The summed E-state index contributed by atoms with van der Waals surface area (Å²) in [5, 5.41) is 6.24. The van der Waals surface area contributed by atoms with Crippen molar-refractivity contribution in [3.63, 3.8) is 0 Å². The highest BCUT2D eigenvalue weighted by Gasteiger charge is 2.34. The van der Waals surface area contributed by atoms with E-state index in [1.807, 2.05) is 30.3 Å². The summed E-state index contributed by atoms with van der Waals surface area (Å²) in [5.74, 6) is -0.592. The molecule has 0 aliphatic heterocycles. The number of amides is 1. The molecule has 0 spiro atoms. The molecule has 0 fully saturated rings. The summed E-state index contributed by atoms with van der Waals surface area (Å²) >= 11 is 0. The van der Waals surface area contributed by atoms with Crippen LogP contribution in [0.1, 0.15) is 141 Å². The fourth-order valence-electron chi connectivity index (χ4n) is 5.98. The first-order valence-electron chi connectivity index (χ1n) is 16.6. The van der Waals surface area contributed by atoms with Crippen molar-refractivity contribution in [2.75, 3.05) is 10.6 Å². The Balaban J connectivity index is 1.24. The zero-order chi connectivity index (χ0) is 30.3. The van der Waals surface area contributed by atoms with Crippen LogP contribution in [0, 0.1) is 0 Å². The topological polar surface area (TPSA) is 75.3 Å². The predicted molar refractivity (Wildman–Crippen MR) is 178 cm³/mol. The maximum Gasteiger partial charge on any atom is 0.224 e. The van der Waals surface area contributed by atoms with Gasteiger partial charge in [0.15, 0.2) is 11.6 Å². The van der Waals surface area contributed by atoms with Crippen LogP contribution < -0.4 is 10.6 Å². The molecule has 0 saturated carbocycles. The molecule has 1 aliphatic carbocycles. The third-order valence-electron chi connectivity index (χ3n) is 8.41. The Bertz CT molecular complexity index is 1350. The lowest BCUT2D eigenvalue weighted by Gasteiger charge is -2.23. The molecule has 0 aromatic heterocycles. The molecule has 5 heteroatoms. The Morgan fingerprint density at radius 2 is 0.977 bits per heavy atom. The van der Waals surface area contributed by atoms with Crippen LogP contribution in [0.2, 0.25) is 0 Å². The van der Waals surface area contributed by atoms with Gasteiger partial charge < -0.3 is 10.6 Å². The van der Waals surface area contributed by atoms with Gasteiger partial charge in [-0.25, -0.2) is 0 Å². The fourth-order valence-corrected chi connectivity index (χ4v) is 5.98. The zero-order valence-corrected chi connectivity index (χ0v) is 25.9. The van der Waals surface area contributed by atoms with Crippen LogP contribution in [-0.4, -0.2) is 17.5 Å². The van der Waals surface area contributed by atoms with Crippen molar-refractivity contribution in [3.8, 4) is 0 Å². The Hall–Kier alpha value is -3.73. The average molecular weight is 581 g/mol. The van der Waals surface area contributed by atoms with Gasteiger partial charge in [0.05, 0.1) is 22.5 Å². The summed E-state index contributed by atoms with van der Waals surface area (Å²) in [4.78, 5) is 40.2. The number of carbonyl (C=O) groups excluding carboxylic acids is 3. The van der Waals surface area contributed by atoms with Gasteiger partial charge in [-0.15, -0.1) is 0 Å². The Morgan fingerprint density at radius 3 is 1.51 bits per heavy atom. The van der Waals surface area contributed by atoms with Crippen LogP contribution in [-0.2, 0) is 4.79 Å². The van der Waals surface area contributed by atoms with E-state index in [2.05, 4.69) is 17.6 Å². The Kier molecular flexibility index (Phi) is 13.0. The highest BCUT2D eigenvalue weighted by atomic mass is 16.2. The van der Waals surface area contributed by atoms with E-state index in [0.29, 0.717) is 34.5 Å². The molecule has 0 saturated heterocycles. The van der Waals surface area contributed by atoms with Gasteiger partial charge in [0.2, 0.25) is 5.91 Å². The largest absolute Gasteiger partial charge is 0.355 e. The van der Waals surface area contributed by atoms with Crippen molar-refractivity contribution < 1.29 is 14.4 Å². The van der Waals surface area contributed by atoms with E-state index >= 15 is 0 Å². The summed E-state index contributed by atoms with van der Waals surface area (Å²) in [6.45, 7) is 2.27. The van der Waals surface area contributed by atoms with Gasteiger partial charge in [-0.2, -0.15) is 0 Å². The molecule has 0 heterocycles. The first-order valence-corrected chi connectivity index (χ1v) is 16.6. The third-order valence-corrected chi connectivity index (χ3v) is 8.41. The summed E-state index contributed by atoms with van der Waals surface area (Å²) < 4.78 is 0. The van der Waals surface area contributed by atoms with Gasteiger partial charge in [0.1, 0.15) is 0 Å². The summed E-state index contributed by atoms with van der Waals surface area (Å²) in [6, 6.07) is 19.9. The second-order valence-corrected chi connectivity index (χ2v) is 11.9. The Morgan fingerprint density at radius 1 is 0.535 bits per heavy atom. The molecule has 43 heavy (non-hydrogen) atoms. The molecule has 0 bridgehead atoms. The minimum Gasteiger partial charge on any atom is -0.355 e. The lowest BCUT2D eigenvalue weighted by atomic mass is 9.82. The van der Waals surface area contributed by atoms with Gasteiger partial charge in [-0.3, -0.25) is 14.4 Å². The van der Waals surface area contributed by atoms with Crippen molar-refractivity contribution in [1.82, 2.24) is 0 Å². The van der Waals surface area contributed by atoms with E-state index in [4.69, 9.17) is 0 Å². The first kappa shape index (κ1) is 32.2. The molecular weight excluding hydrogens is 532 g/mol. The highest BCUT2D eigenvalue weighted by molar-refractivity contribution is 6.32. The molecule has 3 aromatic rings. The molecule has 0 unspecified atom stereocenters. The number of ketones is 2. The molecule has 228 valence electrons.